The van der Waals surface area contributed by atoms with Crippen molar-refractivity contribution in [3.8, 4) is 0 Å². The number of aromatic nitrogens is 1. The first kappa shape index (κ1) is 34.1. The minimum absolute atomic E-state index is 0.0111. The van der Waals surface area contributed by atoms with Crippen molar-refractivity contribution in [3.63, 3.8) is 0 Å². The van der Waals surface area contributed by atoms with Gasteiger partial charge in [-0.1, -0.05) is 80.9 Å². The maximum Gasteiger partial charge on any atom is 0.328 e. The lowest BCUT2D eigenvalue weighted by Crippen LogP contribution is -2.51. The van der Waals surface area contributed by atoms with Crippen LogP contribution in [0.2, 0.25) is 0 Å². The smallest absolute Gasteiger partial charge is 0.328 e. The van der Waals surface area contributed by atoms with E-state index in [4.69, 9.17) is 4.74 Å². The number of carbonyl (C=O) groups excluding carboxylic acids is 3. The fourth-order valence-corrected chi connectivity index (χ4v) is 6.19. The highest BCUT2D eigenvalue weighted by atomic mass is 32.2. The maximum absolute atomic E-state index is 13.4. The van der Waals surface area contributed by atoms with Gasteiger partial charge in [0.25, 0.3) is 0 Å². The average molecular weight is 631 g/mol. The summed E-state index contributed by atoms with van der Waals surface area (Å²) in [4.78, 5) is 44.5. The Bertz CT molecular complexity index is 1570. The van der Waals surface area contributed by atoms with Gasteiger partial charge in [-0.3, -0.25) is 14.5 Å². The van der Waals surface area contributed by atoms with Crippen LogP contribution in [0, 0.1) is 5.92 Å². The molecule has 0 spiro atoms. The molecule has 4 rings (SSSR count). The second kappa shape index (κ2) is 17.0. The van der Waals surface area contributed by atoms with Crippen molar-refractivity contribution in [2.45, 2.75) is 58.2 Å². The van der Waals surface area contributed by atoms with E-state index in [1.807, 2.05) is 48.9 Å². The molecule has 0 saturated heterocycles. The van der Waals surface area contributed by atoms with Crippen LogP contribution in [0.3, 0.4) is 0 Å². The minimum atomic E-state index is -0.705. The molecule has 0 aliphatic carbocycles. The lowest BCUT2D eigenvalue weighted by atomic mass is 9.97. The van der Waals surface area contributed by atoms with E-state index in [-0.39, 0.29) is 30.3 Å². The van der Waals surface area contributed by atoms with Crippen LogP contribution in [-0.4, -0.2) is 72.0 Å². The van der Waals surface area contributed by atoms with Crippen LogP contribution in [0.5, 0.6) is 0 Å². The van der Waals surface area contributed by atoms with E-state index in [0.29, 0.717) is 32.4 Å². The van der Waals surface area contributed by atoms with Crippen molar-refractivity contribution in [2.24, 2.45) is 5.92 Å². The lowest BCUT2D eigenvalue weighted by Gasteiger charge is -2.32. The van der Waals surface area contributed by atoms with Gasteiger partial charge >= 0.3 is 5.97 Å². The number of fused-ring (bicyclic) bond motifs is 2. The first-order chi connectivity index (χ1) is 21.8. The number of ether oxygens (including phenoxy) is 1. The standard InChI is InChI=1S/C36H46N4O4S/c1-5-25(2)33(39-34(41)18-17-27-21-37-31-16-9-8-15-30(27)31)23-40(22-28-13-10-12-26-11-6-7-14-29(26)28)24-35(42)38-32(19-20-45-4)36(43)44-3/h6-16,21,25,32-33,37H,5,17-20,22-24H2,1-4H3,(H,38,42)(H,39,41)/t25-,32-,33+/m0/s1. The molecule has 0 saturated carbocycles. The molecule has 45 heavy (non-hydrogen) atoms. The van der Waals surface area contributed by atoms with Gasteiger partial charge in [-0.05, 0) is 58.7 Å². The Kier molecular flexibility index (Phi) is 12.9. The van der Waals surface area contributed by atoms with Gasteiger partial charge in [0.05, 0.1) is 13.7 Å². The lowest BCUT2D eigenvalue weighted by molar-refractivity contribution is -0.145. The third-order valence-corrected chi connectivity index (χ3v) is 9.15. The Hall–Kier alpha value is -3.82. The average Bonchev–Trinajstić information content (AvgIpc) is 3.47. The van der Waals surface area contributed by atoms with Gasteiger partial charge < -0.3 is 20.4 Å². The number of hydrogen-bond acceptors (Lipinski definition) is 6. The minimum Gasteiger partial charge on any atom is -0.467 e. The molecule has 240 valence electrons. The summed E-state index contributed by atoms with van der Waals surface area (Å²) >= 11 is 1.61. The van der Waals surface area contributed by atoms with Crippen molar-refractivity contribution in [1.82, 2.24) is 20.5 Å². The number of nitrogens with zero attached hydrogens (tertiary/aromatic N) is 1. The molecule has 0 aliphatic heterocycles. The van der Waals surface area contributed by atoms with Crippen molar-refractivity contribution < 1.29 is 19.1 Å². The fourth-order valence-electron chi connectivity index (χ4n) is 5.72. The number of amides is 2. The normalized spacial score (nSPS) is 13.4. The molecule has 1 heterocycles. The van der Waals surface area contributed by atoms with Crippen molar-refractivity contribution in [3.05, 3.63) is 84.1 Å². The van der Waals surface area contributed by atoms with Gasteiger partial charge in [0.1, 0.15) is 6.04 Å². The summed E-state index contributed by atoms with van der Waals surface area (Å²) in [5.74, 6) is 0.200. The van der Waals surface area contributed by atoms with Gasteiger partial charge in [-0.15, -0.1) is 0 Å². The monoisotopic (exact) mass is 630 g/mol. The largest absolute Gasteiger partial charge is 0.467 e. The Morgan fingerprint density at radius 2 is 1.67 bits per heavy atom. The van der Waals surface area contributed by atoms with E-state index in [2.05, 4.69) is 64.7 Å². The van der Waals surface area contributed by atoms with Gasteiger partial charge in [0, 0.05) is 42.7 Å². The summed E-state index contributed by atoms with van der Waals surface area (Å²) in [6, 6.07) is 21.7. The summed E-state index contributed by atoms with van der Waals surface area (Å²) < 4.78 is 4.96. The van der Waals surface area contributed by atoms with E-state index in [1.54, 1.807) is 11.8 Å². The number of para-hydroxylation sites is 1. The van der Waals surface area contributed by atoms with Crippen LogP contribution in [0.4, 0.5) is 0 Å². The molecular formula is C36H46N4O4S. The summed E-state index contributed by atoms with van der Waals surface area (Å²) in [7, 11) is 1.34. The Morgan fingerprint density at radius 3 is 2.42 bits per heavy atom. The Morgan fingerprint density at radius 1 is 0.933 bits per heavy atom. The summed E-state index contributed by atoms with van der Waals surface area (Å²) in [6.45, 7) is 5.33. The van der Waals surface area contributed by atoms with Gasteiger partial charge in [0.15, 0.2) is 0 Å². The number of aryl methyl sites for hydroxylation is 1. The summed E-state index contributed by atoms with van der Waals surface area (Å²) in [6.07, 6.45) is 6.32. The molecule has 0 aliphatic rings. The number of esters is 1. The number of aromatic amines is 1. The molecule has 3 aromatic carbocycles. The number of H-pyrrole nitrogens is 1. The Labute approximate surface area is 270 Å². The highest BCUT2D eigenvalue weighted by molar-refractivity contribution is 7.98. The first-order valence-electron chi connectivity index (χ1n) is 15.7. The number of nitrogens with one attached hydrogen (secondary N) is 3. The molecule has 0 bridgehead atoms. The van der Waals surface area contributed by atoms with E-state index in [0.717, 1.165) is 45.0 Å². The van der Waals surface area contributed by atoms with Gasteiger partial charge in [-0.25, -0.2) is 4.79 Å². The van der Waals surface area contributed by atoms with Crippen LogP contribution >= 0.6 is 11.8 Å². The molecule has 3 atom stereocenters. The van der Waals surface area contributed by atoms with E-state index < -0.39 is 12.0 Å². The quantitative estimate of drug-likeness (QED) is 0.129. The zero-order valence-electron chi connectivity index (χ0n) is 26.8. The fraction of sp³-hybridized carbons (Fsp3) is 0.417. The first-order valence-corrected chi connectivity index (χ1v) is 17.1. The number of carbonyl (C=O) groups is 3. The van der Waals surface area contributed by atoms with Gasteiger partial charge in [0.2, 0.25) is 11.8 Å². The third kappa shape index (κ3) is 9.58. The number of rotatable bonds is 17. The van der Waals surface area contributed by atoms with Crippen LogP contribution in [0.15, 0.2) is 72.9 Å². The highest BCUT2D eigenvalue weighted by Crippen LogP contribution is 2.22. The van der Waals surface area contributed by atoms with Crippen LogP contribution in [0.25, 0.3) is 21.7 Å². The molecule has 0 radical (unpaired) electrons. The predicted octanol–water partition coefficient (Wildman–Crippen LogP) is 5.70. The molecule has 1 aromatic heterocycles. The number of hydrogen-bond donors (Lipinski definition) is 3. The van der Waals surface area contributed by atoms with Crippen molar-refractivity contribution >= 4 is 51.2 Å². The van der Waals surface area contributed by atoms with E-state index in [1.165, 1.54) is 7.11 Å². The zero-order valence-corrected chi connectivity index (χ0v) is 27.6. The van der Waals surface area contributed by atoms with Gasteiger partial charge in [-0.2, -0.15) is 11.8 Å². The Balaban J connectivity index is 1.51. The highest BCUT2D eigenvalue weighted by Gasteiger charge is 2.26. The summed E-state index contributed by atoms with van der Waals surface area (Å²) in [5.41, 5.74) is 3.29. The molecule has 8 nitrogen and oxygen atoms in total. The van der Waals surface area contributed by atoms with Crippen LogP contribution in [0.1, 0.15) is 44.2 Å². The second-order valence-electron chi connectivity index (χ2n) is 11.7. The van der Waals surface area contributed by atoms with Crippen molar-refractivity contribution in [1.29, 1.82) is 0 Å². The zero-order chi connectivity index (χ0) is 32.2. The second-order valence-corrected chi connectivity index (χ2v) is 12.6. The predicted molar refractivity (Wildman–Crippen MR) is 184 cm³/mol. The molecule has 2 amide bonds. The van der Waals surface area contributed by atoms with E-state index >= 15 is 0 Å². The molecule has 0 unspecified atom stereocenters. The maximum atomic E-state index is 13.4. The molecular weight excluding hydrogens is 584 g/mol. The SMILES string of the molecule is CC[C@H](C)[C@@H](CN(CC(=O)N[C@@H](CCSC)C(=O)OC)Cc1cccc2ccccc12)NC(=O)CCc1c[nH]c2ccccc12. The van der Waals surface area contributed by atoms with Crippen LogP contribution < -0.4 is 10.6 Å². The number of benzene rings is 3. The molecule has 4 aromatic rings. The molecule has 3 N–H and O–H groups in total. The molecule has 0 fully saturated rings. The summed E-state index contributed by atoms with van der Waals surface area (Å²) in [5, 5.41) is 9.60. The third-order valence-electron chi connectivity index (χ3n) is 8.50. The number of thioether (sulfide) groups is 1. The molecule has 9 heteroatoms. The number of methoxy groups -OCH3 is 1. The van der Waals surface area contributed by atoms with E-state index in [9.17, 15) is 14.4 Å². The topological polar surface area (TPSA) is 104 Å². The van der Waals surface area contributed by atoms with Crippen molar-refractivity contribution in [2.75, 3.05) is 32.2 Å². The van der Waals surface area contributed by atoms with Crippen LogP contribution in [-0.2, 0) is 32.1 Å².